The van der Waals surface area contributed by atoms with Gasteiger partial charge in [-0.25, -0.2) is 4.39 Å². The highest BCUT2D eigenvalue weighted by atomic mass is 19.1. The van der Waals surface area contributed by atoms with Crippen LogP contribution in [0.1, 0.15) is 23.7 Å². The number of Topliss-reactive ketones (excluding diaryl/α,β-unsaturated/α-hetero) is 1. The number of aromatic amines is 1. The van der Waals surface area contributed by atoms with E-state index in [9.17, 15) is 19.1 Å². The fourth-order valence-corrected chi connectivity index (χ4v) is 2.66. The van der Waals surface area contributed by atoms with E-state index in [4.69, 9.17) is 0 Å². The van der Waals surface area contributed by atoms with Gasteiger partial charge >= 0.3 is 0 Å². The fourth-order valence-electron chi connectivity index (χ4n) is 2.66. The predicted octanol–water partition coefficient (Wildman–Crippen LogP) is 1.47. The zero-order valence-corrected chi connectivity index (χ0v) is 11.5. The zero-order chi connectivity index (χ0) is 15.2. The van der Waals surface area contributed by atoms with Gasteiger partial charge in [0, 0.05) is 30.2 Å². The van der Waals surface area contributed by atoms with Crippen molar-refractivity contribution in [2.24, 2.45) is 0 Å². The maximum Gasteiger partial charge on any atom is 0.295 e. The molecule has 2 heterocycles. The van der Waals surface area contributed by atoms with Gasteiger partial charge in [-0.2, -0.15) is 0 Å². The minimum atomic E-state index is -0.945. The Labute approximate surface area is 120 Å². The lowest BCUT2D eigenvalue weighted by Gasteiger charge is -2.18. The van der Waals surface area contributed by atoms with Crippen molar-refractivity contribution < 1.29 is 19.1 Å². The maximum atomic E-state index is 13.1. The van der Waals surface area contributed by atoms with Crippen LogP contribution in [0.2, 0.25) is 0 Å². The number of hydrogen-bond donors (Lipinski definition) is 2. The number of hydrogen-bond acceptors (Lipinski definition) is 3. The zero-order valence-electron chi connectivity index (χ0n) is 11.5. The van der Waals surface area contributed by atoms with Crippen molar-refractivity contribution in [3.8, 4) is 0 Å². The van der Waals surface area contributed by atoms with Gasteiger partial charge in [0.05, 0.1) is 11.2 Å². The molecule has 0 saturated carbocycles. The molecule has 2 N–H and O–H groups in total. The largest absolute Gasteiger partial charge is 0.388 e. The SMILES string of the molecule is CC1(O)CCN(C(=O)C(=O)c2c[nH]c3cc(F)ccc23)C1. The topological polar surface area (TPSA) is 73.4 Å². The van der Waals surface area contributed by atoms with Crippen LogP contribution in [-0.4, -0.2) is 45.4 Å². The van der Waals surface area contributed by atoms with Crippen molar-refractivity contribution in [3.63, 3.8) is 0 Å². The van der Waals surface area contributed by atoms with Gasteiger partial charge in [-0.3, -0.25) is 9.59 Å². The monoisotopic (exact) mass is 290 g/mol. The Hall–Kier alpha value is -2.21. The number of benzene rings is 1. The third-order valence-corrected chi connectivity index (χ3v) is 3.82. The van der Waals surface area contributed by atoms with Crippen LogP contribution in [0.25, 0.3) is 10.9 Å². The quantitative estimate of drug-likeness (QED) is 0.650. The molecule has 1 aliphatic rings. The van der Waals surface area contributed by atoms with Crippen molar-refractivity contribution in [2.45, 2.75) is 18.9 Å². The highest BCUT2D eigenvalue weighted by molar-refractivity contribution is 6.44. The van der Waals surface area contributed by atoms with Crippen molar-refractivity contribution in [2.75, 3.05) is 13.1 Å². The van der Waals surface area contributed by atoms with Gasteiger partial charge in [-0.15, -0.1) is 0 Å². The fraction of sp³-hybridized carbons (Fsp3) is 0.333. The molecule has 5 nitrogen and oxygen atoms in total. The molecule has 1 fully saturated rings. The van der Waals surface area contributed by atoms with Crippen LogP contribution in [0.15, 0.2) is 24.4 Å². The molecule has 1 aromatic carbocycles. The lowest BCUT2D eigenvalue weighted by atomic mass is 10.1. The molecule has 110 valence electrons. The normalized spacial score (nSPS) is 22.0. The number of β-amino-alcohol motifs (C(OH)–C–C–N with tert-alkyl or cyclic N) is 1. The van der Waals surface area contributed by atoms with Crippen molar-refractivity contribution in [3.05, 3.63) is 35.8 Å². The summed E-state index contributed by atoms with van der Waals surface area (Å²) < 4.78 is 13.1. The van der Waals surface area contributed by atoms with Crippen LogP contribution in [0, 0.1) is 5.82 Å². The summed E-state index contributed by atoms with van der Waals surface area (Å²) in [5, 5.41) is 10.4. The van der Waals surface area contributed by atoms with Gasteiger partial charge in [0.1, 0.15) is 5.82 Å². The minimum absolute atomic E-state index is 0.147. The second kappa shape index (κ2) is 4.66. The van der Waals surface area contributed by atoms with E-state index in [0.717, 1.165) is 0 Å². The van der Waals surface area contributed by atoms with Gasteiger partial charge in [-0.1, -0.05) is 0 Å². The van der Waals surface area contributed by atoms with E-state index in [2.05, 4.69) is 4.98 Å². The smallest absolute Gasteiger partial charge is 0.295 e. The van der Waals surface area contributed by atoms with Crippen LogP contribution < -0.4 is 0 Å². The molecule has 2 aromatic rings. The van der Waals surface area contributed by atoms with Crippen LogP contribution in [0.4, 0.5) is 4.39 Å². The number of carbonyl (C=O) groups excluding carboxylic acids is 2. The molecular weight excluding hydrogens is 275 g/mol. The van der Waals surface area contributed by atoms with Gasteiger partial charge < -0.3 is 15.0 Å². The summed E-state index contributed by atoms with van der Waals surface area (Å²) >= 11 is 0. The van der Waals surface area contributed by atoms with Gasteiger partial charge in [0.15, 0.2) is 0 Å². The van der Waals surface area contributed by atoms with E-state index in [1.165, 1.54) is 29.3 Å². The average Bonchev–Trinajstić information content (AvgIpc) is 2.99. The third-order valence-electron chi connectivity index (χ3n) is 3.82. The summed E-state index contributed by atoms with van der Waals surface area (Å²) in [6, 6.07) is 4.00. The van der Waals surface area contributed by atoms with E-state index >= 15 is 0 Å². The summed E-state index contributed by atoms with van der Waals surface area (Å²) in [4.78, 5) is 28.7. The molecule has 1 atom stereocenters. The molecule has 1 saturated heterocycles. The highest BCUT2D eigenvalue weighted by Crippen LogP contribution is 2.23. The molecule has 1 amide bonds. The summed E-state index contributed by atoms with van der Waals surface area (Å²) in [6.07, 6.45) is 1.86. The average molecular weight is 290 g/mol. The van der Waals surface area contributed by atoms with Crippen LogP contribution in [0.5, 0.6) is 0 Å². The first-order valence-electron chi connectivity index (χ1n) is 6.70. The first-order chi connectivity index (χ1) is 9.87. The molecule has 0 aliphatic carbocycles. The molecule has 6 heteroatoms. The Kier molecular flexibility index (Phi) is 3.06. The molecule has 1 unspecified atom stereocenters. The van der Waals surface area contributed by atoms with Gasteiger partial charge in [0.2, 0.25) is 0 Å². The van der Waals surface area contributed by atoms with Crippen molar-refractivity contribution in [1.82, 2.24) is 9.88 Å². The number of fused-ring (bicyclic) bond motifs is 1. The Morgan fingerprint density at radius 3 is 2.86 bits per heavy atom. The Balaban J connectivity index is 1.89. The number of nitrogens with one attached hydrogen (secondary N) is 1. The standard InChI is InChI=1S/C15H15FN2O3/c1-15(21)4-5-18(8-15)14(20)13(19)11-7-17-12-6-9(16)2-3-10(11)12/h2-3,6-7,17,21H,4-5,8H2,1H3. The number of amides is 1. The van der Waals surface area contributed by atoms with Crippen LogP contribution >= 0.6 is 0 Å². The van der Waals surface area contributed by atoms with Crippen LogP contribution in [0.3, 0.4) is 0 Å². The lowest BCUT2D eigenvalue weighted by Crippen LogP contribution is -2.37. The van der Waals surface area contributed by atoms with E-state index in [1.807, 2.05) is 0 Å². The number of carbonyl (C=O) groups is 2. The van der Waals surface area contributed by atoms with E-state index in [1.54, 1.807) is 6.92 Å². The van der Waals surface area contributed by atoms with Crippen molar-refractivity contribution >= 4 is 22.6 Å². The van der Waals surface area contributed by atoms with Gasteiger partial charge in [0.25, 0.3) is 11.7 Å². The second-order valence-corrected chi connectivity index (χ2v) is 5.70. The molecule has 1 aromatic heterocycles. The predicted molar refractivity (Wildman–Crippen MR) is 74.4 cm³/mol. The van der Waals surface area contributed by atoms with E-state index in [0.29, 0.717) is 23.9 Å². The lowest BCUT2D eigenvalue weighted by molar-refractivity contribution is -0.126. The van der Waals surface area contributed by atoms with Crippen LogP contribution in [-0.2, 0) is 4.79 Å². The van der Waals surface area contributed by atoms with E-state index in [-0.39, 0.29) is 12.1 Å². The summed E-state index contributed by atoms with van der Waals surface area (Å²) in [6.45, 7) is 2.14. The number of aromatic nitrogens is 1. The maximum absolute atomic E-state index is 13.1. The second-order valence-electron chi connectivity index (χ2n) is 5.70. The van der Waals surface area contributed by atoms with Gasteiger partial charge in [-0.05, 0) is 31.5 Å². The third kappa shape index (κ3) is 2.42. The minimum Gasteiger partial charge on any atom is -0.388 e. The number of rotatable bonds is 2. The molecule has 0 bridgehead atoms. The first kappa shape index (κ1) is 13.8. The number of aliphatic hydroxyl groups is 1. The summed E-state index contributed by atoms with van der Waals surface area (Å²) in [5.41, 5.74) is -0.250. The number of ketones is 1. The Morgan fingerprint density at radius 1 is 1.43 bits per heavy atom. The Morgan fingerprint density at radius 2 is 2.19 bits per heavy atom. The molecule has 0 spiro atoms. The summed E-state index contributed by atoms with van der Waals surface area (Å²) in [7, 11) is 0. The molecular formula is C15H15FN2O3. The number of likely N-dealkylation sites (tertiary alicyclic amines) is 1. The van der Waals surface area contributed by atoms with Crippen molar-refractivity contribution in [1.29, 1.82) is 0 Å². The number of nitrogens with zero attached hydrogens (tertiary/aromatic N) is 1. The molecule has 21 heavy (non-hydrogen) atoms. The first-order valence-corrected chi connectivity index (χ1v) is 6.70. The molecule has 1 aliphatic heterocycles. The Bertz CT molecular complexity index is 736. The number of halogens is 1. The van der Waals surface area contributed by atoms with E-state index < -0.39 is 23.1 Å². The number of H-pyrrole nitrogens is 1. The summed E-state index contributed by atoms with van der Waals surface area (Å²) in [5.74, 6) is -1.70. The molecule has 0 radical (unpaired) electrons. The highest BCUT2D eigenvalue weighted by Gasteiger charge is 2.36. The molecule has 3 rings (SSSR count).